The molecule has 0 heterocycles. The topological polar surface area (TPSA) is 37.3 Å². The van der Waals surface area contributed by atoms with Gasteiger partial charge in [0.15, 0.2) is 5.78 Å². The van der Waals surface area contributed by atoms with Gasteiger partial charge in [0.2, 0.25) is 0 Å². The molecule has 0 fully saturated rings. The van der Waals surface area contributed by atoms with E-state index in [0.29, 0.717) is 10.6 Å². The zero-order chi connectivity index (χ0) is 12.4. The fourth-order valence-electron chi connectivity index (χ4n) is 1.67. The molecule has 3 heteroatoms. The maximum atomic E-state index is 12.2. The minimum absolute atomic E-state index is 0.0919. The zero-order valence-corrected chi connectivity index (χ0v) is 10.0. The molecule has 17 heavy (non-hydrogen) atoms. The molecule has 0 aliphatic carbocycles. The Morgan fingerprint density at radius 3 is 2.47 bits per heavy atom. The number of benzene rings is 2. The number of carbonyl (C=O) groups excluding carboxylic acids is 1. The lowest BCUT2D eigenvalue weighted by molar-refractivity contribution is 0.103. The number of carbonyl (C=O) groups is 1. The second-order valence-electron chi connectivity index (χ2n) is 3.81. The van der Waals surface area contributed by atoms with Crippen LogP contribution in [-0.4, -0.2) is 10.9 Å². The van der Waals surface area contributed by atoms with Crippen molar-refractivity contribution in [2.24, 2.45) is 0 Å². The highest BCUT2D eigenvalue weighted by Gasteiger charge is 2.15. The molecule has 86 valence electrons. The van der Waals surface area contributed by atoms with Gasteiger partial charge in [0.05, 0.1) is 5.56 Å². The summed E-state index contributed by atoms with van der Waals surface area (Å²) in [5.41, 5.74) is 1.74. The Kier molecular flexibility index (Phi) is 3.16. The smallest absolute Gasteiger partial charge is 0.197 e. The molecule has 0 aromatic heterocycles. The number of aromatic hydroxyl groups is 1. The molecule has 0 saturated carbocycles. The SMILES string of the molecule is Cc1ccccc1C(=O)c1ccc(Cl)cc1O. The zero-order valence-electron chi connectivity index (χ0n) is 9.27. The Labute approximate surface area is 104 Å². The molecule has 2 aromatic carbocycles. The molecule has 0 spiro atoms. The summed E-state index contributed by atoms with van der Waals surface area (Å²) in [5.74, 6) is -0.289. The standard InChI is InChI=1S/C14H11ClO2/c1-9-4-2-3-5-11(9)14(17)12-7-6-10(15)8-13(12)16/h2-8,16H,1H3. The highest BCUT2D eigenvalue weighted by Crippen LogP contribution is 2.25. The van der Waals surface area contributed by atoms with Crippen LogP contribution in [0, 0.1) is 6.92 Å². The van der Waals surface area contributed by atoms with Crippen molar-refractivity contribution in [3.63, 3.8) is 0 Å². The van der Waals surface area contributed by atoms with Crippen molar-refractivity contribution in [1.82, 2.24) is 0 Å². The van der Waals surface area contributed by atoms with E-state index in [9.17, 15) is 9.90 Å². The summed E-state index contributed by atoms with van der Waals surface area (Å²) in [6, 6.07) is 11.8. The summed E-state index contributed by atoms with van der Waals surface area (Å²) in [5, 5.41) is 10.1. The lowest BCUT2D eigenvalue weighted by Crippen LogP contribution is -2.03. The number of halogens is 1. The van der Waals surface area contributed by atoms with E-state index in [4.69, 9.17) is 11.6 Å². The van der Waals surface area contributed by atoms with Gasteiger partial charge in [-0.05, 0) is 30.7 Å². The summed E-state index contributed by atoms with van der Waals surface area (Å²) >= 11 is 5.73. The minimum Gasteiger partial charge on any atom is -0.507 e. The predicted molar refractivity (Wildman–Crippen MR) is 67.7 cm³/mol. The lowest BCUT2D eigenvalue weighted by Gasteiger charge is -2.06. The summed E-state index contributed by atoms with van der Waals surface area (Å²) < 4.78 is 0. The lowest BCUT2D eigenvalue weighted by atomic mass is 9.99. The molecule has 2 nitrogen and oxygen atoms in total. The number of hydrogen-bond donors (Lipinski definition) is 1. The molecule has 0 aliphatic rings. The molecule has 0 radical (unpaired) electrons. The first-order valence-corrected chi connectivity index (χ1v) is 5.56. The minimum atomic E-state index is -0.197. The maximum Gasteiger partial charge on any atom is 0.197 e. The van der Waals surface area contributed by atoms with Crippen molar-refractivity contribution >= 4 is 17.4 Å². The van der Waals surface area contributed by atoms with Crippen LogP contribution in [0.15, 0.2) is 42.5 Å². The first kappa shape index (κ1) is 11.7. The predicted octanol–water partition coefficient (Wildman–Crippen LogP) is 3.59. The highest BCUT2D eigenvalue weighted by atomic mass is 35.5. The monoisotopic (exact) mass is 246 g/mol. The number of aryl methyl sites for hydroxylation is 1. The van der Waals surface area contributed by atoms with Gasteiger partial charge >= 0.3 is 0 Å². The molecule has 0 saturated heterocycles. The highest BCUT2D eigenvalue weighted by molar-refractivity contribution is 6.31. The van der Waals surface area contributed by atoms with E-state index in [2.05, 4.69) is 0 Å². The van der Waals surface area contributed by atoms with Gasteiger partial charge in [0, 0.05) is 10.6 Å². The van der Waals surface area contributed by atoms with Crippen LogP contribution in [0.4, 0.5) is 0 Å². The van der Waals surface area contributed by atoms with Crippen LogP contribution in [-0.2, 0) is 0 Å². The van der Waals surface area contributed by atoms with Crippen LogP contribution in [0.2, 0.25) is 5.02 Å². The molecule has 1 N–H and O–H groups in total. The van der Waals surface area contributed by atoms with Gasteiger partial charge in [-0.2, -0.15) is 0 Å². The van der Waals surface area contributed by atoms with Gasteiger partial charge in [-0.25, -0.2) is 0 Å². The second-order valence-corrected chi connectivity index (χ2v) is 4.24. The summed E-state index contributed by atoms with van der Waals surface area (Å²) in [7, 11) is 0. The van der Waals surface area contributed by atoms with Gasteiger partial charge in [0.1, 0.15) is 5.75 Å². The van der Waals surface area contributed by atoms with E-state index < -0.39 is 0 Å². The van der Waals surface area contributed by atoms with Crippen molar-refractivity contribution in [2.75, 3.05) is 0 Å². The molecular weight excluding hydrogens is 236 g/mol. The van der Waals surface area contributed by atoms with E-state index in [1.54, 1.807) is 18.2 Å². The number of hydrogen-bond acceptors (Lipinski definition) is 2. The van der Waals surface area contributed by atoms with E-state index in [1.807, 2.05) is 19.1 Å². The number of phenols is 1. The van der Waals surface area contributed by atoms with Crippen molar-refractivity contribution in [1.29, 1.82) is 0 Å². The van der Waals surface area contributed by atoms with Crippen LogP contribution < -0.4 is 0 Å². The Morgan fingerprint density at radius 1 is 1.12 bits per heavy atom. The third-order valence-electron chi connectivity index (χ3n) is 2.59. The Balaban J connectivity index is 2.48. The van der Waals surface area contributed by atoms with Gasteiger partial charge in [0.25, 0.3) is 0 Å². The number of phenolic OH excluding ortho intramolecular Hbond substituents is 1. The van der Waals surface area contributed by atoms with Gasteiger partial charge < -0.3 is 5.11 Å². The summed E-state index contributed by atoms with van der Waals surface area (Å²) in [4.78, 5) is 12.2. The van der Waals surface area contributed by atoms with Crippen molar-refractivity contribution in [3.8, 4) is 5.75 Å². The fourth-order valence-corrected chi connectivity index (χ4v) is 1.84. The molecule has 0 aliphatic heterocycles. The molecular formula is C14H11ClO2. The van der Waals surface area contributed by atoms with E-state index in [-0.39, 0.29) is 17.1 Å². The first-order chi connectivity index (χ1) is 8.09. The molecule has 0 atom stereocenters. The third-order valence-corrected chi connectivity index (χ3v) is 2.83. The average molecular weight is 247 g/mol. The van der Waals surface area contributed by atoms with E-state index in [0.717, 1.165) is 5.56 Å². The van der Waals surface area contributed by atoms with Crippen LogP contribution in [0.3, 0.4) is 0 Å². The van der Waals surface area contributed by atoms with Gasteiger partial charge in [-0.15, -0.1) is 0 Å². The normalized spacial score (nSPS) is 10.2. The Bertz CT molecular complexity index is 576. The van der Waals surface area contributed by atoms with E-state index in [1.165, 1.54) is 12.1 Å². The van der Waals surface area contributed by atoms with Crippen LogP contribution in [0.5, 0.6) is 5.75 Å². The van der Waals surface area contributed by atoms with Crippen LogP contribution in [0.1, 0.15) is 21.5 Å². The van der Waals surface area contributed by atoms with E-state index >= 15 is 0 Å². The Morgan fingerprint density at radius 2 is 1.82 bits per heavy atom. The van der Waals surface area contributed by atoms with Crippen molar-refractivity contribution in [2.45, 2.75) is 6.92 Å². The molecule has 0 bridgehead atoms. The molecule has 2 rings (SSSR count). The maximum absolute atomic E-state index is 12.2. The van der Waals surface area contributed by atoms with Gasteiger partial charge in [-0.1, -0.05) is 35.9 Å². The molecule has 2 aromatic rings. The fraction of sp³-hybridized carbons (Fsp3) is 0.0714. The van der Waals surface area contributed by atoms with Crippen LogP contribution >= 0.6 is 11.6 Å². The van der Waals surface area contributed by atoms with Crippen molar-refractivity contribution in [3.05, 3.63) is 64.2 Å². The second kappa shape index (κ2) is 4.60. The molecule has 0 unspecified atom stereocenters. The average Bonchev–Trinajstić information content (AvgIpc) is 2.29. The molecule has 0 amide bonds. The number of rotatable bonds is 2. The third kappa shape index (κ3) is 2.32. The summed E-state index contributed by atoms with van der Waals surface area (Å²) in [6.07, 6.45) is 0. The quantitative estimate of drug-likeness (QED) is 0.823. The summed E-state index contributed by atoms with van der Waals surface area (Å²) in [6.45, 7) is 1.86. The largest absolute Gasteiger partial charge is 0.507 e. The van der Waals surface area contributed by atoms with Gasteiger partial charge in [-0.3, -0.25) is 4.79 Å². The Hall–Kier alpha value is -1.80. The van der Waals surface area contributed by atoms with Crippen LogP contribution in [0.25, 0.3) is 0 Å². The first-order valence-electron chi connectivity index (χ1n) is 5.18. The number of ketones is 1. The van der Waals surface area contributed by atoms with Crippen molar-refractivity contribution < 1.29 is 9.90 Å².